The minimum Gasteiger partial charge on any atom is -0.394 e. The van der Waals surface area contributed by atoms with E-state index in [0.29, 0.717) is 0 Å². The molecule has 0 heterocycles. The first-order chi connectivity index (χ1) is 7.86. The number of hydrogen-bond acceptors (Lipinski definition) is 3. The molecule has 0 aliphatic rings. The Morgan fingerprint density at radius 1 is 1.35 bits per heavy atom. The lowest BCUT2D eigenvalue weighted by molar-refractivity contribution is -0.137. The van der Waals surface area contributed by atoms with Gasteiger partial charge in [-0.05, 0) is 12.1 Å². The Morgan fingerprint density at radius 3 is 2.53 bits per heavy atom. The van der Waals surface area contributed by atoms with E-state index in [1.165, 1.54) is 12.1 Å². The molecule has 0 aliphatic heterocycles. The minimum atomic E-state index is -4.53. The van der Waals surface area contributed by atoms with Crippen molar-refractivity contribution < 1.29 is 23.4 Å². The van der Waals surface area contributed by atoms with Gasteiger partial charge in [0.1, 0.15) is 0 Å². The quantitative estimate of drug-likeness (QED) is 0.785. The average molecular weight is 270 g/mol. The van der Waals surface area contributed by atoms with Crippen LogP contribution in [0.2, 0.25) is 5.02 Å². The smallest absolute Gasteiger partial charge is 0.394 e. The van der Waals surface area contributed by atoms with Crippen LogP contribution in [0.15, 0.2) is 18.2 Å². The predicted molar refractivity (Wildman–Crippen MR) is 58.0 cm³/mol. The molecule has 1 aromatic rings. The zero-order valence-electron chi connectivity index (χ0n) is 8.63. The molecule has 1 rings (SSSR count). The van der Waals surface area contributed by atoms with E-state index in [1.54, 1.807) is 0 Å². The summed E-state index contributed by atoms with van der Waals surface area (Å²) >= 11 is 5.66. The fourth-order valence-corrected chi connectivity index (χ4v) is 1.47. The Kier molecular flexibility index (Phi) is 4.62. The molecule has 0 radical (unpaired) electrons. The maximum atomic E-state index is 12.6. The third-order valence-electron chi connectivity index (χ3n) is 2.04. The summed E-state index contributed by atoms with van der Waals surface area (Å²) in [7, 11) is 0. The van der Waals surface area contributed by atoms with E-state index in [2.05, 4.69) is 5.32 Å². The molecule has 1 unspecified atom stereocenters. The Morgan fingerprint density at radius 2 is 2.00 bits per heavy atom. The summed E-state index contributed by atoms with van der Waals surface area (Å²) in [6.07, 6.45) is -5.68. The van der Waals surface area contributed by atoms with Crippen molar-refractivity contribution in [2.45, 2.75) is 12.3 Å². The van der Waals surface area contributed by atoms with Crippen molar-refractivity contribution in [3.63, 3.8) is 0 Å². The second kappa shape index (κ2) is 5.57. The van der Waals surface area contributed by atoms with Crippen LogP contribution in [0.5, 0.6) is 0 Å². The van der Waals surface area contributed by atoms with Gasteiger partial charge in [0.2, 0.25) is 0 Å². The summed E-state index contributed by atoms with van der Waals surface area (Å²) in [5, 5.41) is 19.9. The third-order valence-corrected chi connectivity index (χ3v) is 2.36. The number of aliphatic hydroxyl groups is 2. The van der Waals surface area contributed by atoms with E-state index >= 15 is 0 Å². The van der Waals surface area contributed by atoms with Gasteiger partial charge < -0.3 is 15.5 Å². The first-order valence-corrected chi connectivity index (χ1v) is 5.12. The minimum absolute atomic E-state index is 0.0926. The fraction of sp³-hybridized carbons (Fsp3) is 0.400. The molecule has 3 N–H and O–H groups in total. The van der Waals surface area contributed by atoms with E-state index in [0.717, 1.165) is 6.07 Å². The highest BCUT2D eigenvalue weighted by Gasteiger charge is 2.34. The molecule has 0 spiro atoms. The summed E-state index contributed by atoms with van der Waals surface area (Å²) in [6, 6.07) is 3.39. The van der Waals surface area contributed by atoms with Gasteiger partial charge in [-0.3, -0.25) is 0 Å². The van der Waals surface area contributed by atoms with E-state index in [-0.39, 0.29) is 17.3 Å². The summed E-state index contributed by atoms with van der Waals surface area (Å²) in [6.45, 7) is -0.762. The second-order valence-electron chi connectivity index (χ2n) is 3.38. The van der Waals surface area contributed by atoms with Crippen LogP contribution in [0.3, 0.4) is 0 Å². The van der Waals surface area contributed by atoms with Crippen LogP contribution >= 0.6 is 11.6 Å². The molecule has 1 atom stereocenters. The third kappa shape index (κ3) is 3.76. The molecule has 0 amide bonds. The molecule has 0 aliphatic carbocycles. The molecule has 0 bridgehead atoms. The molecule has 0 saturated carbocycles. The number of hydrogen-bond donors (Lipinski definition) is 3. The van der Waals surface area contributed by atoms with Crippen molar-refractivity contribution in [3.05, 3.63) is 28.8 Å². The van der Waals surface area contributed by atoms with Gasteiger partial charge in [0, 0.05) is 6.54 Å². The van der Waals surface area contributed by atoms with Crippen molar-refractivity contribution in [3.8, 4) is 0 Å². The SMILES string of the molecule is OCC(O)CNc1c(Cl)cccc1C(F)(F)F. The lowest BCUT2D eigenvalue weighted by Crippen LogP contribution is -2.24. The average Bonchev–Trinajstić information content (AvgIpc) is 2.25. The highest BCUT2D eigenvalue weighted by molar-refractivity contribution is 6.33. The van der Waals surface area contributed by atoms with Gasteiger partial charge in [-0.1, -0.05) is 17.7 Å². The maximum Gasteiger partial charge on any atom is 0.418 e. The van der Waals surface area contributed by atoms with E-state index in [1.807, 2.05) is 0 Å². The standard InChI is InChI=1S/C10H11ClF3NO2/c11-8-3-1-2-7(10(12,13)14)9(8)15-4-6(17)5-16/h1-3,6,15-17H,4-5H2. The Bertz CT molecular complexity index is 384. The van der Waals surface area contributed by atoms with Gasteiger partial charge in [-0.15, -0.1) is 0 Å². The number of nitrogens with one attached hydrogen (secondary N) is 1. The van der Waals surface area contributed by atoms with E-state index < -0.39 is 24.5 Å². The molecular weight excluding hydrogens is 259 g/mol. The molecule has 0 aromatic heterocycles. The monoisotopic (exact) mass is 269 g/mol. The molecule has 1 aromatic carbocycles. The predicted octanol–water partition coefficient (Wildman–Crippen LogP) is 2.12. The highest BCUT2D eigenvalue weighted by Crippen LogP contribution is 2.38. The number of rotatable bonds is 4. The van der Waals surface area contributed by atoms with Gasteiger partial charge in [0.25, 0.3) is 0 Å². The molecule has 17 heavy (non-hydrogen) atoms. The van der Waals surface area contributed by atoms with E-state index in [9.17, 15) is 13.2 Å². The van der Waals surface area contributed by atoms with Crippen LogP contribution < -0.4 is 5.32 Å². The molecule has 3 nitrogen and oxygen atoms in total. The zero-order valence-corrected chi connectivity index (χ0v) is 9.39. The number of anilines is 1. The topological polar surface area (TPSA) is 52.5 Å². The van der Waals surface area contributed by atoms with Crippen LogP contribution in [0.25, 0.3) is 0 Å². The lowest BCUT2D eigenvalue weighted by Gasteiger charge is -2.17. The van der Waals surface area contributed by atoms with Crippen LogP contribution in [-0.4, -0.2) is 29.5 Å². The van der Waals surface area contributed by atoms with Crippen molar-refractivity contribution in [1.82, 2.24) is 0 Å². The zero-order chi connectivity index (χ0) is 13.1. The van der Waals surface area contributed by atoms with E-state index in [4.69, 9.17) is 21.8 Å². The number of para-hydroxylation sites is 1. The lowest BCUT2D eigenvalue weighted by atomic mass is 10.1. The molecule has 0 fully saturated rings. The van der Waals surface area contributed by atoms with Crippen molar-refractivity contribution in [2.75, 3.05) is 18.5 Å². The summed E-state index contributed by atoms with van der Waals surface area (Å²) in [5.41, 5.74) is -1.20. The van der Waals surface area contributed by atoms with Gasteiger partial charge >= 0.3 is 6.18 Å². The number of benzene rings is 1. The Balaban J connectivity index is 2.96. The highest BCUT2D eigenvalue weighted by atomic mass is 35.5. The van der Waals surface area contributed by atoms with Gasteiger partial charge in [-0.25, -0.2) is 0 Å². The van der Waals surface area contributed by atoms with Crippen LogP contribution in [0.1, 0.15) is 5.56 Å². The number of aliphatic hydroxyl groups excluding tert-OH is 2. The largest absolute Gasteiger partial charge is 0.418 e. The first kappa shape index (κ1) is 14.1. The molecule has 96 valence electrons. The second-order valence-corrected chi connectivity index (χ2v) is 3.78. The van der Waals surface area contributed by atoms with Crippen LogP contribution in [-0.2, 0) is 6.18 Å². The number of halogens is 4. The maximum absolute atomic E-state index is 12.6. The molecule has 7 heteroatoms. The summed E-state index contributed by atoms with van der Waals surface area (Å²) in [5.74, 6) is 0. The van der Waals surface area contributed by atoms with Gasteiger partial charge in [-0.2, -0.15) is 13.2 Å². The van der Waals surface area contributed by atoms with Crippen molar-refractivity contribution in [2.24, 2.45) is 0 Å². The Hall–Kier alpha value is -0.980. The summed E-state index contributed by atoms with van der Waals surface area (Å²) in [4.78, 5) is 0. The van der Waals surface area contributed by atoms with Crippen molar-refractivity contribution in [1.29, 1.82) is 0 Å². The molecule has 0 saturated heterocycles. The van der Waals surface area contributed by atoms with Crippen molar-refractivity contribution >= 4 is 17.3 Å². The summed E-state index contributed by atoms with van der Waals surface area (Å²) < 4.78 is 37.9. The Labute approximate surface area is 101 Å². The van der Waals surface area contributed by atoms with Crippen LogP contribution in [0, 0.1) is 0 Å². The van der Waals surface area contributed by atoms with Gasteiger partial charge in [0.15, 0.2) is 0 Å². The van der Waals surface area contributed by atoms with Gasteiger partial charge in [0.05, 0.1) is 29.0 Å². The number of alkyl halides is 3. The normalized spacial score (nSPS) is 13.5. The fourth-order valence-electron chi connectivity index (χ4n) is 1.22. The first-order valence-electron chi connectivity index (χ1n) is 4.74. The van der Waals surface area contributed by atoms with Crippen LogP contribution in [0.4, 0.5) is 18.9 Å². The molecular formula is C10H11ClF3NO2.